The van der Waals surface area contributed by atoms with Crippen LogP contribution < -0.4 is 27.4 Å². The molecule has 0 fully saturated rings. The van der Waals surface area contributed by atoms with Crippen LogP contribution in [0.1, 0.15) is 25.3 Å². The standard InChI is InChI=1S/C21H31N5O8/c1-11(28)17(23)20(32)26-15(10-27)19(31)24-13(7-8-16(22)29)18(30)25-14(21(33)34)9-12-5-3-2-4-6-12/h2-6,11,13-15,17,27-28H,7-10,23H2,1H3,(H2,22,29)(H,24,31)(H,25,30)(H,26,32)(H,33,34). The SMILES string of the molecule is CC(O)C(N)C(=O)NC(CO)C(=O)NC(CCC(N)=O)C(=O)NC(Cc1ccccc1)C(=O)O. The van der Waals surface area contributed by atoms with Crippen molar-refractivity contribution in [2.75, 3.05) is 6.61 Å². The van der Waals surface area contributed by atoms with Crippen molar-refractivity contribution in [1.29, 1.82) is 0 Å². The van der Waals surface area contributed by atoms with Gasteiger partial charge in [0.1, 0.15) is 24.2 Å². The van der Waals surface area contributed by atoms with E-state index in [0.29, 0.717) is 5.56 Å². The largest absolute Gasteiger partial charge is 0.480 e. The van der Waals surface area contributed by atoms with Crippen molar-refractivity contribution in [3.05, 3.63) is 35.9 Å². The van der Waals surface area contributed by atoms with Crippen LogP contribution in [0.4, 0.5) is 0 Å². The lowest BCUT2D eigenvalue weighted by molar-refractivity contribution is -0.142. The lowest BCUT2D eigenvalue weighted by atomic mass is 10.0. The highest BCUT2D eigenvalue weighted by Crippen LogP contribution is 2.06. The number of carboxylic acids is 1. The average molecular weight is 482 g/mol. The quantitative estimate of drug-likeness (QED) is 0.133. The molecule has 4 amide bonds. The van der Waals surface area contributed by atoms with Crippen LogP contribution in [0.3, 0.4) is 0 Å². The molecule has 1 aromatic rings. The molecule has 13 heteroatoms. The highest BCUT2D eigenvalue weighted by atomic mass is 16.4. The number of primary amides is 1. The normalized spacial score (nSPS) is 15.2. The van der Waals surface area contributed by atoms with E-state index >= 15 is 0 Å². The second kappa shape index (κ2) is 13.9. The number of hydrogen-bond donors (Lipinski definition) is 8. The van der Waals surface area contributed by atoms with E-state index in [2.05, 4.69) is 16.0 Å². The van der Waals surface area contributed by atoms with E-state index in [-0.39, 0.29) is 19.3 Å². The summed E-state index contributed by atoms with van der Waals surface area (Å²) in [7, 11) is 0. The van der Waals surface area contributed by atoms with Gasteiger partial charge in [-0.05, 0) is 18.9 Å². The minimum Gasteiger partial charge on any atom is -0.480 e. The molecular weight excluding hydrogens is 450 g/mol. The summed E-state index contributed by atoms with van der Waals surface area (Å²) >= 11 is 0. The molecule has 0 bridgehead atoms. The Balaban J connectivity index is 2.94. The predicted octanol–water partition coefficient (Wildman–Crippen LogP) is -3.27. The molecule has 34 heavy (non-hydrogen) atoms. The van der Waals surface area contributed by atoms with Crippen molar-refractivity contribution in [2.24, 2.45) is 11.5 Å². The Labute approximate surface area is 195 Å². The van der Waals surface area contributed by atoms with Gasteiger partial charge in [0.2, 0.25) is 23.6 Å². The molecule has 0 aliphatic heterocycles. The maximum atomic E-state index is 12.8. The first-order valence-corrected chi connectivity index (χ1v) is 10.5. The van der Waals surface area contributed by atoms with Crippen molar-refractivity contribution in [3.8, 4) is 0 Å². The number of amides is 4. The Hall–Kier alpha value is -3.55. The lowest BCUT2D eigenvalue weighted by Crippen LogP contribution is -2.59. The molecule has 0 spiro atoms. The van der Waals surface area contributed by atoms with Gasteiger partial charge >= 0.3 is 5.97 Å². The van der Waals surface area contributed by atoms with Crippen molar-refractivity contribution in [1.82, 2.24) is 16.0 Å². The van der Waals surface area contributed by atoms with Crippen molar-refractivity contribution < 1.29 is 39.3 Å². The van der Waals surface area contributed by atoms with Crippen LogP contribution in [0.15, 0.2) is 30.3 Å². The van der Waals surface area contributed by atoms with Gasteiger partial charge in [-0.3, -0.25) is 19.2 Å². The molecule has 0 radical (unpaired) electrons. The van der Waals surface area contributed by atoms with E-state index in [4.69, 9.17) is 11.5 Å². The summed E-state index contributed by atoms with van der Waals surface area (Å²) in [6.07, 6.45) is -1.83. The Morgan fingerprint density at radius 2 is 1.44 bits per heavy atom. The smallest absolute Gasteiger partial charge is 0.326 e. The molecule has 5 unspecified atom stereocenters. The number of nitrogens with one attached hydrogen (secondary N) is 3. The fourth-order valence-electron chi connectivity index (χ4n) is 2.83. The summed E-state index contributed by atoms with van der Waals surface area (Å²) in [5.74, 6) is -4.89. The third kappa shape index (κ3) is 9.52. The number of carbonyl (C=O) groups excluding carboxylic acids is 4. The van der Waals surface area contributed by atoms with Crippen LogP contribution in [-0.4, -0.2) is 81.8 Å². The van der Waals surface area contributed by atoms with Gasteiger partial charge in [-0.25, -0.2) is 4.79 Å². The van der Waals surface area contributed by atoms with Crippen LogP contribution in [0.5, 0.6) is 0 Å². The zero-order chi connectivity index (χ0) is 25.8. The van der Waals surface area contributed by atoms with Gasteiger partial charge in [-0.1, -0.05) is 30.3 Å². The third-order valence-electron chi connectivity index (χ3n) is 4.85. The number of aliphatic carboxylic acids is 1. The van der Waals surface area contributed by atoms with Gasteiger partial charge in [-0.2, -0.15) is 0 Å². The average Bonchev–Trinajstić information content (AvgIpc) is 2.78. The third-order valence-corrected chi connectivity index (χ3v) is 4.85. The summed E-state index contributed by atoms with van der Waals surface area (Å²) < 4.78 is 0. The number of carboxylic acid groups (broad SMARTS) is 1. The molecule has 13 nitrogen and oxygen atoms in total. The summed E-state index contributed by atoms with van der Waals surface area (Å²) in [5.41, 5.74) is 11.3. The number of hydrogen-bond acceptors (Lipinski definition) is 8. The molecule has 0 saturated heterocycles. The van der Waals surface area contributed by atoms with Gasteiger partial charge in [0.15, 0.2) is 0 Å². The van der Waals surface area contributed by atoms with Crippen molar-refractivity contribution >= 4 is 29.6 Å². The van der Waals surface area contributed by atoms with Gasteiger partial charge in [0, 0.05) is 12.8 Å². The molecule has 1 rings (SSSR count). The van der Waals surface area contributed by atoms with E-state index in [1.165, 1.54) is 6.92 Å². The molecular formula is C21H31N5O8. The van der Waals surface area contributed by atoms with Crippen molar-refractivity contribution in [2.45, 2.75) is 56.5 Å². The van der Waals surface area contributed by atoms with Gasteiger partial charge in [-0.15, -0.1) is 0 Å². The number of aliphatic hydroxyl groups is 2. The minimum absolute atomic E-state index is 0.0368. The van der Waals surface area contributed by atoms with Crippen LogP contribution in [0, 0.1) is 0 Å². The highest BCUT2D eigenvalue weighted by molar-refractivity contribution is 5.94. The number of aliphatic hydroxyl groups excluding tert-OH is 2. The summed E-state index contributed by atoms with van der Waals surface area (Å²) in [6.45, 7) is 0.400. The van der Waals surface area contributed by atoms with Gasteiger partial charge in [0.05, 0.1) is 12.7 Å². The predicted molar refractivity (Wildman–Crippen MR) is 119 cm³/mol. The molecule has 0 heterocycles. The van der Waals surface area contributed by atoms with Crippen LogP contribution in [-0.2, 0) is 30.4 Å². The van der Waals surface area contributed by atoms with Crippen LogP contribution in [0.25, 0.3) is 0 Å². The van der Waals surface area contributed by atoms with Crippen LogP contribution >= 0.6 is 0 Å². The highest BCUT2D eigenvalue weighted by Gasteiger charge is 2.31. The van der Waals surface area contributed by atoms with Gasteiger partial charge in [0.25, 0.3) is 0 Å². The molecule has 0 saturated carbocycles. The van der Waals surface area contributed by atoms with E-state index in [9.17, 15) is 39.3 Å². The van der Waals surface area contributed by atoms with Crippen molar-refractivity contribution in [3.63, 3.8) is 0 Å². The Bertz CT molecular complexity index is 864. The summed E-state index contributed by atoms with van der Waals surface area (Å²) in [4.78, 5) is 60.2. The number of benzene rings is 1. The minimum atomic E-state index is -1.53. The maximum Gasteiger partial charge on any atom is 0.326 e. The number of carbonyl (C=O) groups is 5. The zero-order valence-electron chi connectivity index (χ0n) is 18.6. The molecule has 5 atom stereocenters. The molecule has 0 aliphatic carbocycles. The molecule has 0 aliphatic rings. The Morgan fingerprint density at radius 3 is 1.94 bits per heavy atom. The molecule has 10 N–H and O–H groups in total. The van der Waals surface area contributed by atoms with Gasteiger partial charge < -0.3 is 42.7 Å². The number of rotatable bonds is 14. The molecule has 1 aromatic carbocycles. The fraction of sp³-hybridized carbons (Fsp3) is 0.476. The second-order valence-electron chi connectivity index (χ2n) is 7.67. The number of nitrogens with two attached hydrogens (primary N) is 2. The summed E-state index contributed by atoms with van der Waals surface area (Å²) in [6, 6.07) is 2.90. The Kier molecular flexibility index (Phi) is 11.6. The first-order chi connectivity index (χ1) is 16.0. The maximum absolute atomic E-state index is 12.8. The van der Waals surface area contributed by atoms with E-state index in [1.54, 1.807) is 30.3 Å². The van der Waals surface area contributed by atoms with E-state index in [1.807, 2.05) is 0 Å². The first-order valence-electron chi connectivity index (χ1n) is 10.5. The Morgan fingerprint density at radius 1 is 0.912 bits per heavy atom. The first kappa shape index (κ1) is 28.5. The van der Waals surface area contributed by atoms with E-state index in [0.717, 1.165) is 0 Å². The lowest BCUT2D eigenvalue weighted by Gasteiger charge is -2.24. The second-order valence-corrected chi connectivity index (χ2v) is 7.67. The molecule has 0 aromatic heterocycles. The summed E-state index contributed by atoms with van der Waals surface area (Å²) in [5, 5.41) is 35.1. The zero-order valence-corrected chi connectivity index (χ0v) is 18.6. The van der Waals surface area contributed by atoms with Crippen LogP contribution in [0.2, 0.25) is 0 Å². The molecule has 188 valence electrons. The van der Waals surface area contributed by atoms with E-state index < -0.39 is 66.5 Å². The fourth-order valence-corrected chi connectivity index (χ4v) is 2.83. The monoisotopic (exact) mass is 481 g/mol. The topological polar surface area (TPSA) is 234 Å².